The van der Waals surface area contributed by atoms with Crippen LogP contribution in [0, 0.1) is 13.8 Å². The van der Waals surface area contributed by atoms with Crippen LogP contribution in [-0.2, 0) is 0 Å². The van der Waals surface area contributed by atoms with E-state index < -0.39 is 0 Å². The van der Waals surface area contributed by atoms with Crippen LogP contribution < -0.4 is 10.7 Å². The maximum atomic E-state index is 10.2. The van der Waals surface area contributed by atoms with Gasteiger partial charge in [0.2, 0.25) is 11.9 Å². The SMILES string of the molecule is Cc1cc(C)n(-c2nc(NN=Cc3cc(Br)cc(Br)c3O)nc(Nc3ccc(Br)cc3)n2)n1. The first-order valence-electron chi connectivity index (χ1n) is 9.58. The molecule has 0 aliphatic carbocycles. The fraction of sp³-hybridized carbons (Fsp3) is 0.0952. The van der Waals surface area contributed by atoms with Crippen LogP contribution >= 0.6 is 47.8 Å². The van der Waals surface area contributed by atoms with E-state index in [0.717, 1.165) is 26.0 Å². The summed E-state index contributed by atoms with van der Waals surface area (Å²) in [4.78, 5) is 13.4. The molecule has 0 radical (unpaired) electrons. The summed E-state index contributed by atoms with van der Waals surface area (Å²) in [7, 11) is 0. The minimum atomic E-state index is 0.0697. The fourth-order valence-electron chi connectivity index (χ4n) is 2.90. The summed E-state index contributed by atoms with van der Waals surface area (Å²) < 4.78 is 3.94. The molecule has 0 spiro atoms. The summed E-state index contributed by atoms with van der Waals surface area (Å²) in [6, 6.07) is 13.0. The first-order valence-corrected chi connectivity index (χ1v) is 12.0. The summed E-state index contributed by atoms with van der Waals surface area (Å²) in [5.41, 5.74) is 5.85. The number of nitrogens with one attached hydrogen (secondary N) is 2. The van der Waals surface area contributed by atoms with Gasteiger partial charge >= 0.3 is 0 Å². The number of benzene rings is 2. The lowest BCUT2D eigenvalue weighted by atomic mass is 10.2. The van der Waals surface area contributed by atoms with Crippen LogP contribution in [0.2, 0.25) is 0 Å². The standard InChI is InChI=1S/C21H17Br3N8O/c1-11-7-12(2)32(31-11)21-28-19(26-16-5-3-14(22)4-6-16)27-20(29-21)30-25-10-13-8-15(23)9-17(24)18(13)33/h3-10,33H,1-2H3,(H2,26,27,28,29,30). The molecule has 4 rings (SSSR count). The van der Waals surface area contributed by atoms with Gasteiger partial charge in [-0.2, -0.15) is 25.2 Å². The summed E-state index contributed by atoms with van der Waals surface area (Å²) in [5.74, 6) is 0.930. The predicted molar refractivity (Wildman–Crippen MR) is 139 cm³/mol. The van der Waals surface area contributed by atoms with Crippen molar-refractivity contribution in [1.82, 2.24) is 24.7 Å². The Labute approximate surface area is 214 Å². The van der Waals surface area contributed by atoms with Gasteiger partial charge < -0.3 is 10.4 Å². The van der Waals surface area contributed by atoms with Gasteiger partial charge in [-0.3, -0.25) is 0 Å². The van der Waals surface area contributed by atoms with Crippen LogP contribution in [0.3, 0.4) is 0 Å². The average Bonchev–Trinajstić information content (AvgIpc) is 3.11. The highest BCUT2D eigenvalue weighted by atomic mass is 79.9. The topological polar surface area (TPSA) is 113 Å². The fourth-order valence-corrected chi connectivity index (χ4v) is 4.43. The van der Waals surface area contributed by atoms with Crippen molar-refractivity contribution in [3.63, 3.8) is 0 Å². The molecular formula is C21H17Br3N8O. The largest absolute Gasteiger partial charge is 0.506 e. The molecule has 12 heteroatoms. The van der Waals surface area contributed by atoms with E-state index in [1.165, 1.54) is 6.21 Å². The smallest absolute Gasteiger partial charge is 0.257 e. The highest BCUT2D eigenvalue weighted by Crippen LogP contribution is 2.30. The third kappa shape index (κ3) is 5.75. The van der Waals surface area contributed by atoms with Gasteiger partial charge in [0, 0.05) is 25.9 Å². The van der Waals surface area contributed by atoms with Gasteiger partial charge in [-0.1, -0.05) is 31.9 Å². The van der Waals surface area contributed by atoms with Crippen molar-refractivity contribution in [2.75, 3.05) is 10.7 Å². The Bertz CT molecular complexity index is 1340. The summed E-state index contributed by atoms with van der Waals surface area (Å²) >= 11 is 10.1. The third-order valence-corrected chi connectivity index (χ3v) is 5.94. The van der Waals surface area contributed by atoms with Gasteiger partial charge in [-0.05, 0) is 72.2 Å². The van der Waals surface area contributed by atoms with Crippen molar-refractivity contribution in [2.24, 2.45) is 5.10 Å². The van der Waals surface area contributed by atoms with Crippen molar-refractivity contribution in [3.05, 3.63) is 72.8 Å². The van der Waals surface area contributed by atoms with Gasteiger partial charge in [0.25, 0.3) is 5.95 Å². The second-order valence-electron chi connectivity index (χ2n) is 6.95. The van der Waals surface area contributed by atoms with Gasteiger partial charge in [0.05, 0.1) is 16.4 Å². The number of hydrogen-bond donors (Lipinski definition) is 3. The highest BCUT2D eigenvalue weighted by Gasteiger charge is 2.12. The van der Waals surface area contributed by atoms with E-state index in [-0.39, 0.29) is 11.7 Å². The molecule has 168 valence electrons. The predicted octanol–water partition coefficient (Wildman–Crippen LogP) is 5.86. The Morgan fingerprint density at radius 2 is 1.67 bits per heavy atom. The third-order valence-electron chi connectivity index (χ3n) is 4.35. The molecule has 0 saturated heterocycles. The lowest BCUT2D eigenvalue weighted by Crippen LogP contribution is -2.11. The molecule has 0 fully saturated rings. The van der Waals surface area contributed by atoms with Crippen LogP contribution in [0.15, 0.2) is 61.0 Å². The molecule has 0 aliphatic rings. The quantitative estimate of drug-likeness (QED) is 0.180. The Kier molecular flexibility index (Phi) is 7.05. The van der Waals surface area contributed by atoms with E-state index in [9.17, 15) is 5.11 Å². The van der Waals surface area contributed by atoms with Gasteiger partial charge in [-0.25, -0.2) is 10.1 Å². The van der Waals surface area contributed by atoms with Crippen molar-refractivity contribution in [3.8, 4) is 11.7 Å². The molecule has 0 aliphatic heterocycles. The van der Waals surface area contributed by atoms with E-state index in [1.807, 2.05) is 44.2 Å². The van der Waals surface area contributed by atoms with Crippen molar-refractivity contribution in [1.29, 1.82) is 0 Å². The number of halogens is 3. The molecule has 33 heavy (non-hydrogen) atoms. The number of anilines is 3. The number of hydrazone groups is 1. The number of aromatic nitrogens is 5. The molecule has 0 unspecified atom stereocenters. The number of phenols is 1. The molecule has 3 N–H and O–H groups in total. The summed E-state index contributed by atoms with van der Waals surface area (Å²) in [6.45, 7) is 3.82. The monoisotopic (exact) mass is 634 g/mol. The zero-order valence-corrected chi connectivity index (χ0v) is 22.1. The maximum absolute atomic E-state index is 10.2. The van der Waals surface area contributed by atoms with Crippen molar-refractivity contribution < 1.29 is 5.11 Å². The van der Waals surface area contributed by atoms with Gasteiger partial charge in [-0.15, -0.1) is 0 Å². The number of phenolic OH excluding ortho intramolecular Hbond substituents is 1. The minimum Gasteiger partial charge on any atom is -0.506 e. The Morgan fingerprint density at radius 3 is 2.36 bits per heavy atom. The maximum Gasteiger partial charge on any atom is 0.257 e. The summed E-state index contributed by atoms with van der Waals surface area (Å²) in [5, 5.41) is 22.0. The Balaban J connectivity index is 1.67. The highest BCUT2D eigenvalue weighted by molar-refractivity contribution is 9.11. The molecule has 2 heterocycles. The van der Waals surface area contributed by atoms with Crippen LogP contribution in [0.5, 0.6) is 5.75 Å². The number of aromatic hydroxyl groups is 1. The zero-order chi connectivity index (χ0) is 23.5. The first kappa shape index (κ1) is 23.3. The second-order valence-corrected chi connectivity index (χ2v) is 9.63. The molecule has 4 aromatic rings. The van der Waals surface area contributed by atoms with E-state index in [0.29, 0.717) is 21.9 Å². The molecule has 9 nitrogen and oxygen atoms in total. The average molecular weight is 637 g/mol. The second kappa shape index (κ2) is 9.98. The van der Waals surface area contributed by atoms with Crippen LogP contribution in [0.25, 0.3) is 5.95 Å². The molecule has 0 amide bonds. The van der Waals surface area contributed by atoms with Crippen LogP contribution in [0.4, 0.5) is 17.6 Å². The molecule has 0 atom stereocenters. The van der Waals surface area contributed by atoms with E-state index in [2.05, 4.69) is 83.7 Å². The number of rotatable bonds is 6. The zero-order valence-electron chi connectivity index (χ0n) is 17.4. The molecule has 0 saturated carbocycles. The Hall–Kier alpha value is -2.83. The number of nitrogens with zero attached hydrogens (tertiary/aromatic N) is 6. The molecular weight excluding hydrogens is 620 g/mol. The molecule has 0 bridgehead atoms. The van der Waals surface area contributed by atoms with E-state index in [4.69, 9.17) is 0 Å². The van der Waals surface area contributed by atoms with Gasteiger partial charge in [0.1, 0.15) is 5.75 Å². The Morgan fingerprint density at radius 1 is 0.939 bits per heavy atom. The lowest BCUT2D eigenvalue weighted by Gasteiger charge is -2.10. The normalized spacial score (nSPS) is 11.2. The van der Waals surface area contributed by atoms with Gasteiger partial charge in [0.15, 0.2) is 0 Å². The van der Waals surface area contributed by atoms with E-state index in [1.54, 1.807) is 16.8 Å². The van der Waals surface area contributed by atoms with Crippen LogP contribution in [0.1, 0.15) is 17.0 Å². The number of hydrogen-bond acceptors (Lipinski definition) is 8. The lowest BCUT2D eigenvalue weighted by molar-refractivity contribution is 0.471. The minimum absolute atomic E-state index is 0.0697. The van der Waals surface area contributed by atoms with Crippen LogP contribution in [-0.4, -0.2) is 36.1 Å². The molecule has 2 aromatic heterocycles. The number of aryl methyl sites for hydroxylation is 2. The first-order chi connectivity index (χ1) is 15.8. The van der Waals surface area contributed by atoms with E-state index >= 15 is 0 Å². The van der Waals surface area contributed by atoms with Crippen molar-refractivity contribution in [2.45, 2.75) is 13.8 Å². The molecule has 2 aromatic carbocycles. The van der Waals surface area contributed by atoms with Crippen molar-refractivity contribution >= 4 is 71.6 Å². The summed E-state index contributed by atoms with van der Waals surface area (Å²) in [6.07, 6.45) is 1.47.